The Balaban J connectivity index is 2.01. The molecule has 0 spiro atoms. The van der Waals surface area contributed by atoms with Crippen LogP contribution in [0.1, 0.15) is 19.4 Å². The molecule has 0 unspecified atom stereocenters. The molecule has 0 fully saturated rings. The summed E-state index contributed by atoms with van der Waals surface area (Å²) in [6, 6.07) is 8.19. The minimum absolute atomic E-state index is 0.126. The van der Waals surface area contributed by atoms with Crippen LogP contribution in [0.25, 0.3) is 10.9 Å². The van der Waals surface area contributed by atoms with E-state index in [0.29, 0.717) is 32.2 Å². The van der Waals surface area contributed by atoms with E-state index in [2.05, 4.69) is 26.0 Å². The summed E-state index contributed by atoms with van der Waals surface area (Å²) in [6.45, 7) is 3.63. The van der Waals surface area contributed by atoms with Gasteiger partial charge in [-0.3, -0.25) is 4.79 Å². The molecule has 168 valence electrons. The number of aromatic amines is 1. The molecular formula is C21H19BrClN3O6. The predicted molar refractivity (Wildman–Crippen MR) is 124 cm³/mol. The van der Waals surface area contributed by atoms with E-state index >= 15 is 0 Å². The van der Waals surface area contributed by atoms with Crippen molar-refractivity contribution in [3.63, 3.8) is 0 Å². The van der Waals surface area contributed by atoms with Crippen molar-refractivity contribution in [3.05, 3.63) is 66.2 Å². The number of rotatable bonds is 8. The van der Waals surface area contributed by atoms with Crippen LogP contribution in [0.5, 0.6) is 11.5 Å². The van der Waals surface area contributed by atoms with E-state index < -0.39 is 17.2 Å². The molecule has 0 saturated heterocycles. The fraction of sp³-hybridized carbons (Fsp3) is 0.238. The van der Waals surface area contributed by atoms with E-state index in [1.54, 1.807) is 44.2 Å². The highest BCUT2D eigenvalue weighted by Gasteiger charge is 2.19. The normalized spacial score (nSPS) is 11.1. The van der Waals surface area contributed by atoms with Crippen molar-refractivity contribution in [3.8, 4) is 11.5 Å². The molecule has 0 amide bonds. The van der Waals surface area contributed by atoms with Crippen LogP contribution in [0.15, 0.2) is 49.5 Å². The second-order valence-corrected chi connectivity index (χ2v) is 7.46. The zero-order valence-corrected chi connectivity index (χ0v) is 19.5. The van der Waals surface area contributed by atoms with Gasteiger partial charge in [0, 0.05) is 10.0 Å². The number of carbonyl (C=O) groups is 1. The molecule has 11 heteroatoms. The molecule has 0 radical (unpaired) electrons. The van der Waals surface area contributed by atoms with Gasteiger partial charge in [0.15, 0.2) is 18.1 Å². The zero-order chi connectivity index (χ0) is 23.3. The lowest BCUT2D eigenvalue weighted by molar-refractivity contribution is -0.145. The van der Waals surface area contributed by atoms with E-state index in [1.807, 2.05) is 0 Å². The van der Waals surface area contributed by atoms with Gasteiger partial charge in [-0.15, -0.1) is 4.68 Å². The lowest BCUT2D eigenvalue weighted by Crippen LogP contribution is -2.32. The average molecular weight is 525 g/mol. The van der Waals surface area contributed by atoms with Gasteiger partial charge < -0.3 is 19.2 Å². The first-order valence-electron chi connectivity index (χ1n) is 9.59. The molecule has 0 bridgehead atoms. The zero-order valence-electron chi connectivity index (χ0n) is 17.2. The number of ether oxygens (including phenoxy) is 3. The first kappa shape index (κ1) is 23.6. The Bertz CT molecular complexity index is 1300. The summed E-state index contributed by atoms with van der Waals surface area (Å²) >= 11 is 9.78. The third-order valence-corrected chi connectivity index (χ3v) is 5.63. The molecule has 0 aliphatic carbocycles. The maximum atomic E-state index is 12.7. The molecule has 9 nitrogen and oxygen atoms in total. The number of H-pyrrole nitrogens is 1. The predicted octanol–water partition coefficient (Wildman–Crippen LogP) is 3.33. The fourth-order valence-corrected chi connectivity index (χ4v) is 3.46. The van der Waals surface area contributed by atoms with Gasteiger partial charge in [0.25, 0.3) is 5.56 Å². The molecule has 32 heavy (non-hydrogen) atoms. The molecule has 2 aromatic carbocycles. The largest absolute Gasteiger partial charge is 0.490 e. The summed E-state index contributed by atoms with van der Waals surface area (Å²) in [5.74, 6) is -0.153. The van der Waals surface area contributed by atoms with Gasteiger partial charge in [-0.1, -0.05) is 23.7 Å². The third kappa shape index (κ3) is 5.03. The number of fused-ring (bicyclic) bond motifs is 1. The molecule has 0 aliphatic heterocycles. The average Bonchev–Trinajstić information content (AvgIpc) is 2.77. The number of carbonyl (C=O) groups excluding carboxylic acids is 1. The van der Waals surface area contributed by atoms with Crippen LogP contribution in [-0.2, 0) is 9.53 Å². The van der Waals surface area contributed by atoms with Crippen LogP contribution in [0, 0.1) is 0 Å². The van der Waals surface area contributed by atoms with Crippen molar-refractivity contribution < 1.29 is 19.0 Å². The summed E-state index contributed by atoms with van der Waals surface area (Å²) in [5, 5.41) is 4.48. The van der Waals surface area contributed by atoms with E-state index in [1.165, 1.54) is 6.21 Å². The van der Waals surface area contributed by atoms with E-state index in [9.17, 15) is 14.4 Å². The number of hydrogen-bond donors (Lipinski definition) is 1. The highest BCUT2D eigenvalue weighted by molar-refractivity contribution is 9.10. The first-order valence-corrected chi connectivity index (χ1v) is 10.8. The molecular weight excluding hydrogens is 506 g/mol. The second kappa shape index (κ2) is 10.5. The van der Waals surface area contributed by atoms with Gasteiger partial charge in [-0.25, -0.2) is 9.59 Å². The Morgan fingerprint density at radius 3 is 2.69 bits per heavy atom. The Kier molecular flexibility index (Phi) is 7.70. The minimum atomic E-state index is -0.688. The topological polar surface area (TPSA) is 112 Å². The van der Waals surface area contributed by atoms with Gasteiger partial charge in [-0.05, 0) is 48.0 Å². The minimum Gasteiger partial charge on any atom is -0.490 e. The summed E-state index contributed by atoms with van der Waals surface area (Å²) < 4.78 is 17.0. The van der Waals surface area contributed by atoms with Crippen molar-refractivity contribution >= 4 is 50.6 Å². The van der Waals surface area contributed by atoms with E-state index in [0.717, 1.165) is 0 Å². The first-order chi connectivity index (χ1) is 15.4. The standard InChI is InChI=1S/C21H19BrClN3O6/c1-3-30-15-9-12(17(22)18(23)19(15)32-11-16(27)31-4-2)10-24-26-20(28)13-7-5-6-8-14(13)25-21(26)29/h5-10H,3-4,11H2,1-2H3,(H,25,29). The number of aromatic nitrogens is 2. The van der Waals surface area contributed by atoms with Crippen LogP contribution < -0.4 is 20.7 Å². The number of benzene rings is 2. The Morgan fingerprint density at radius 1 is 1.22 bits per heavy atom. The third-order valence-electron chi connectivity index (χ3n) is 4.19. The molecule has 0 atom stereocenters. The Morgan fingerprint density at radius 2 is 1.97 bits per heavy atom. The summed E-state index contributed by atoms with van der Waals surface area (Å²) in [7, 11) is 0. The van der Waals surface area contributed by atoms with Gasteiger partial charge in [-0.2, -0.15) is 5.10 Å². The Labute approximate surface area is 195 Å². The molecule has 3 aromatic rings. The summed E-state index contributed by atoms with van der Waals surface area (Å²) in [5.41, 5.74) is -0.421. The lowest BCUT2D eigenvalue weighted by Gasteiger charge is -2.15. The molecule has 3 rings (SSSR count). The van der Waals surface area contributed by atoms with Crippen LogP contribution >= 0.6 is 27.5 Å². The molecule has 1 heterocycles. The van der Waals surface area contributed by atoms with E-state index in [-0.39, 0.29) is 29.7 Å². The van der Waals surface area contributed by atoms with Gasteiger partial charge in [0.2, 0.25) is 0 Å². The quantitative estimate of drug-likeness (QED) is 0.357. The lowest BCUT2D eigenvalue weighted by atomic mass is 10.2. The number of esters is 1. The molecule has 1 aromatic heterocycles. The van der Waals surface area contributed by atoms with Crippen LogP contribution in [-0.4, -0.2) is 41.7 Å². The maximum absolute atomic E-state index is 12.7. The number of nitrogens with one attached hydrogen (secondary N) is 1. The molecule has 0 saturated carbocycles. The summed E-state index contributed by atoms with van der Waals surface area (Å²) in [6.07, 6.45) is 1.29. The maximum Gasteiger partial charge on any atom is 0.349 e. The van der Waals surface area contributed by atoms with Crippen LogP contribution in [0.3, 0.4) is 0 Å². The van der Waals surface area contributed by atoms with Crippen molar-refractivity contribution in [2.75, 3.05) is 19.8 Å². The fourth-order valence-electron chi connectivity index (χ4n) is 2.81. The van der Waals surface area contributed by atoms with Gasteiger partial charge >= 0.3 is 11.7 Å². The van der Waals surface area contributed by atoms with Crippen molar-refractivity contribution in [2.45, 2.75) is 13.8 Å². The second-order valence-electron chi connectivity index (χ2n) is 6.28. The number of hydrogen-bond acceptors (Lipinski definition) is 7. The van der Waals surface area contributed by atoms with Crippen LogP contribution in [0.4, 0.5) is 0 Å². The smallest absolute Gasteiger partial charge is 0.349 e. The number of nitrogens with zero attached hydrogens (tertiary/aromatic N) is 2. The van der Waals surface area contributed by atoms with Crippen molar-refractivity contribution in [2.24, 2.45) is 5.10 Å². The SMILES string of the molecule is CCOC(=O)COc1c(OCC)cc(C=Nn2c(=O)[nH]c3ccccc3c2=O)c(Br)c1Cl. The summed E-state index contributed by atoms with van der Waals surface area (Å²) in [4.78, 5) is 39.2. The number of halogens is 2. The number of para-hydroxylation sites is 1. The highest BCUT2D eigenvalue weighted by Crippen LogP contribution is 2.42. The van der Waals surface area contributed by atoms with Gasteiger partial charge in [0.05, 0.1) is 30.3 Å². The van der Waals surface area contributed by atoms with E-state index in [4.69, 9.17) is 25.8 Å². The molecule has 1 N–H and O–H groups in total. The molecule has 0 aliphatic rings. The van der Waals surface area contributed by atoms with Crippen molar-refractivity contribution in [1.82, 2.24) is 9.66 Å². The van der Waals surface area contributed by atoms with Gasteiger partial charge in [0.1, 0.15) is 5.02 Å². The van der Waals surface area contributed by atoms with Crippen LogP contribution in [0.2, 0.25) is 5.02 Å². The van der Waals surface area contributed by atoms with Crippen molar-refractivity contribution in [1.29, 1.82) is 0 Å². The Hall–Kier alpha value is -3.11. The highest BCUT2D eigenvalue weighted by atomic mass is 79.9. The monoisotopic (exact) mass is 523 g/mol.